The lowest BCUT2D eigenvalue weighted by Gasteiger charge is -2.00. The lowest BCUT2D eigenvalue weighted by Crippen LogP contribution is -2.13. The Labute approximate surface area is 101 Å². The van der Waals surface area contributed by atoms with Crippen LogP contribution in [0, 0.1) is 6.92 Å². The molecule has 16 heavy (non-hydrogen) atoms. The molecule has 2 aromatic heterocycles. The van der Waals surface area contributed by atoms with Gasteiger partial charge in [0.05, 0.1) is 5.69 Å². The van der Waals surface area contributed by atoms with Gasteiger partial charge in [-0.1, -0.05) is 11.6 Å². The number of rotatable bonds is 2. The Morgan fingerprint density at radius 1 is 1.56 bits per heavy atom. The molecule has 82 valence electrons. The van der Waals surface area contributed by atoms with E-state index in [4.69, 9.17) is 11.6 Å². The zero-order valence-corrected chi connectivity index (χ0v) is 9.97. The second-order valence-electron chi connectivity index (χ2n) is 3.11. The average Bonchev–Trinajstić information content (AvgIpc) is 2.64. The van der Waals surface area contributed by atoms with E-state index in [0.717, 1.165) is 5.69 Å². The van der Waals surface area contributed by atoms with Crippen molar-refractivity contribution in [1.82, 2.24) is 9.97 Å². The Kier molecular flexibility index (Phi) is 3.17. The maximum Gasteiger partial charge on any atom is 0.276 e. The predicted octanol–water partition coefficient (Wildman–Crippen LogP) is 2.75. The first-order valence-corrected chi connectivity index (χ1v) is 5.76. The molecule has 2 aromatic rings. The minimum absolute atomic E-state index is 0.278. The number of thiazole rings is 1. The SMILES string of the molecule is Cc1csc(NC(=O)c2cc(Cl)ccn2)n1. The van der Waals surface area contributed by atoms with Gasteiger partial charge in [0.25, 0.3) is 5.91 Å². The highest BCUT2D eigenvalue weighted by Crippen LogP contribution is 2.16. The number of anilines is 1. The van der Waals surface area contributed by atoms with Crippen molar-refractivity contribution in [3.8, 4) is 0 Å². The van der Waals surface area contributed by atoms with Crippen LogP contribution in [-0.2, 0) is 0 Å². The average molecular weight is 254 g/mol. The fourth-order valence-corrected chi connectivity index (χ4v) is 1.94. The van der Waals surface area contributed by atoms with Crippen LogP contribution in [-0.4, -0.2) is 15.9 Å². The molecule has 0 saturated heterocycles. The number of hydrogen-bond acceptors (Lipinski definition) is 4. The summed E-state index contributed by atoms with van der Waals surface area (Å²) < 4.78 is 0. The normalized spacial score (nSPS) is 10.1. The van der Waals surface area contributed by atoms with Crippen molar-refractivity contribution in [1.29, 1.82) is 0 Å². The summed E-state index contributed by atoms with van der Waals surface area (Å²) in [6, 6.07) is 3.13. The number of hydrogen-bond donors (Lipinski definition) is 1. The molecule has 2 heterocycles. The molecule has 0 bridgehead atoms. The number of aromatic nitrogens is 2. The molecule has 1 N–H and O–H groups in total. The van der Waals surface area contributed by atoms with Crippen LogP contribution in [0.4, 0.5) is 5.13 Å². The van der Waals surface area contributed by atoms with Crippen LogP contribution in [0.1, 0.15) is 16.2 Å². The van der Waals surface area contributed by atoms with E-state index < -0.39 is 0 Å². The highest BCUT2D eigenvalue weighted by Gasteiger charge is 2.09. The highest BCUT2D eigenvalue weighted by atomic mass is 35.5. The van der Waals surface area contributed by atoms with E-state index in [0.29, 0.717) is 10.2 Å². The second-order valence-corrected chi connectivity index (χ2v) is 4.40. The summed E-state index contributed by atoms with van der Waals surface area (Å²) in [4.78, 5) is 19.8. The van der Waals surface area contributed by atoms with Gasteiger partial charge in [0, 0.05) is 16.6 Å². The fourth-order valence-electron chi connectivity index (χ4n) is 1.10. The summed E-state index contributed by atoms with van der Waals surface area (Å²) in [6.07, 6.45) is 1.49. The van der Waals surface area contributed by atoms with Gasteiger partial charge in [0.2, 0.25) is 0 Å². The lowest BCUT2D eigenvalue weighted by atomic mass is 10.3. The summed E-state index contributed by atoms with van der Waals surface area (Å²) in [7, 11) is 0. The van der Waals surface area contributed by atoms with E-state index in [1.54, 1.807) is 6.07 Å². The third-order valence-electron chi connectivity index (χ3n) is 1.79. The Hall–Kier alpha value is -1.46. The smallest absolute Gasteiger partial charge is 0.276 e. The molecule has 0 atom stereocenters. The predicted molar refractivity (Wildman–Crippen MR) is 64.1 cm³/mol. The quantitative estimate of drug-likeness (QED) is 0.895. The number of nitrogens with zero attached hydrogens (tertiary/aromatic N) is 2. The van der Waals surface area contributed by atoms with Crippen LogP contribution >= 0.6 is 22.9 Å². The zero-order chi connectivity index (χ0) is 11.5. The molecule has 0 radical (unpaired) electrons. The number of amides is 1. The molecule has 2 rings (SSSR count). The molecular formula is C10H8ClN3OS. The van der Waals surface area contributed by atoms with Gasteiger partial charge in [0.15, 0.2) is 5.13 Å². The van der Waals surface area contributed by atoms with Crippen molar-refractivity contribution < 1.29 is 4.79 Å². The molecule has 1 amide bonds. The van der Waals surface area contributed by atoms with Crippen LogP contribution in [0.15, 0.2) is 23.7 Å². The van der Waals surface area contributed by atoms with Crippen molar-refractivity contribution >= 4 is 34.0 Å². The number of halogens is 1. The van der Waals surface area contributed by atoms with Gasteiger partial charge in [-0.3, -0.25) is 15.1 Å². The van der Waals surface area contributed by atoms with Gasteiger partial charge < -0.3 is 0 Å². The van der Waals surface area contributed by atoms with Gasteiger partial charge >= 0.3 is 0 Å². The summed E-state index contributed by atoms with van der Waals surface area (Å²) in [5.41, 5.74) is 1.15. The fraction of sp³-hybridized carbons (Fsp3) is 0.100. The van der Waals surface area contributed by atoms with Crippen molar-refractivity contribution in [2.24, 2.45) is 0 Å². The summed E-state index contributed by atoms with van der Waals surface area (Å²) in [5.74, 6) is -0.308. The molecule has 0 aliphatic rings. The largest absolute Gasteiger partial charge is 0.296 e. The molecule has 0 unspecified atom stereocenters. The number of nitrogens with one attached hydrogen (secondary N) is 1. The molecule has 0 spiro atoms. The minimum atomic E-state index is -0.308. The molecule has 0 aliphatic carbocycles. The minimum Gasteiger partial charge on any atom is -0.296 e. The van der Waals surface area contributed by atoms with Crippen LogP contribution < -0.4 is 5.32 Å². The van der Waals surface area contributed by atoms with E-state index in [9.17, 15) is 4.79 Å². The van der Waals surface area contributed by atoms with Gasteiger partial charge in [-0.05, 0) is 19.1 Å². The number of carbonyl (C=O) groups excluding carboxylic acids is 1. The Bertz CT molecular complexity index is 526. The summed E-state index contributed by atoms with van der Waals surface area (Å²) in [5, 5.41) is 5.56. The molecule has 4 nitrogen and oxygen atoms in total. The molecular weight excluding hydrogens is 246 g/mol. The lowest BCUT2D eigenvalue weighted by molar-refractivity contribution is 0.102. The summed E-state index contributed by atoms with van der Waals surface area (Å²) in [6.45, 7) is 1.86. The van der Waals surface area contributed by atoms with Crippen LogP contribution in [0.5, 0.6) is 0 Å². The second kappa shape index (κ2) is 4.59. The van der Waals surface area contributed by atoms with E-state index in [2.05, 4.69) is 15.3 Å². The van der Waals surface area contributed by atoms with E-state index >= 15 is 0 Å². The first kappa shape index (κ1) is 11.0. The van der Waals surface area contributed by atoms with Crippen LogP contribution in [0.25, 0.3) is 0 Å². The van der Waals surface area contributed by atoms with E-state index in [-0.39, 0.29) is 11.6 Å². The van der Waals surface area contributed by atoms with Crippen molar-refractivity contribution in [2.45, 2.75) is 6.92 Å². The third-order valence-corrected chi connectivity index (χ3v) is 2.90. The molecule has 0 aliphatic heterocycles. The topological polar surface area (TPSA) is 54.9 Å². The maximum absolute atomic E-state index is 11.7. The highest BCUT2D eigenvalue weighted by molar-refractivity contribution is 7.13. The van der Waals surface area contributed by atoms with Crippen molar-refractivity contribution in [3.05, 3.63) is 40.1 Å². The standard InChI is InChI=1S/C10H8ClN3OS/c1-6-5-16-10(13-6)14-9(15)8-4-7(11)2-3-12-8/h2-5H,1H3,(H,13,14,15). The van der Waals surface area contributed by atoms with Gasteiger partial charge in [0.1, 0.15) is 5.69 Å². The summed E-state index contributed by atoms with van der Waals surface area (Å²) >= 11 is 7.14. The monoisotopic (exact) mass is 253 g/mol. The molecule has 0 saturated carbocycles. The first-order valence-electron chi connectivity index (χ1n) is 4.50. The molecule has 0 fully saturated rings. The first-order chi connectivity index (χ1) is 7.65. The Morgan fingerprint density at radius 3 is 3.00 bits per heavy atom. The van der Waals surface area contributed by atoms with E-state index in [1.165, 1.54) is 23.6 Å². The Balaban J connectivity index is 2.14. The third kappa shape index (κ3) is 2.56. The Morgan fingerprint density at radius 2 is 2.38 bits per heavy atom. The van der Waals surface area contributed by atoms with E-state index in [1.807, 2.05) is 12.3 Å². The van der Waals surface area contributed by atoms with Crippen LogP contribution in [0.3, 0.4) is 0 Å². The van der Waals surface area contributed by atoms with Gasteiger partial charge in [-0.2, -0.15) is 0 Å². The number of carbonyl (C=O) groups is 1. The van der Waals surface area contributed by atoms with Crippen LogP contribution in [0.2, 0.25) is 5.02 Å². The van der Waals surface area contributed by atoms with Gasteiger partial charge in [-0.25, -0.2) is 4.98 Å². The van der Waals surface area contributed by atoms with Gasteiger partial charge in [-0.15, -0.1) is 11.3 Å². The molecule has 6 heteroatoms. The maximum atomic E-state index is 11.7. The van der Waals surface area contributed by atoms with Crippen molar-refractivity contribution in [2.75, 3.05) is 5.32 Å². The number of pyridine rings is 1. The zero-order valence-electron chi connectivity index (χ0n) is 8.40. The molecule has 0 aromatic carbocycles. The number of aryl methyl sites for hydroxylation is 1. The van der Waals surface area contributed by atoms with Crippen molar-refractivity contribution in [3.63, 3.8) is 0 Å².